The van der Waals surface area contributed by atoms with Crippen LogP contribution in [0.3, 0.4) is 0 Å². The van der Waals surface area contributed by atoms with Gasteiger partial charge in [-0.25, -0.2) is 22.3 Å². The smallest absolute Gasteiger partial charge is 0.296 e. The van der Waals surface area contributed by atoms with E-state index in [1.54, 1.807) is 0 Å². The molecule has 0 saturated heterocycles. The molecule has 3 rings (SSSR count). The number of nitrogens with zero attached hydrogens (tertiary/aromatic N) is 1. The number of aromatic nitrogens is 1. The van der Waals surface area contributed by atoms with Gasteiger partial charge in [0.15, 0.2) is 0 Å². The minimum Gasteiger partial charge on any atom is -0.296 e. The van der Waals surface area contributed by atoms with Crippen LogP contribution in [0.1, 0.15) is 31.7 Å². The number of hydrogen-bond acceptors (Lipinski definition) is 4. The molecule has 0 amide bonds. The molecule has 124 valence electrons. The average molecular weight is 360 g/mol. The fraction of sp³-hybridized carbons (Fsp3) is 0.357. The van der Waals surface area contributed by atoms with Gasteiger partial charge in [-0.05, 0) is 25.0 Å². The van der Waals surface area contributed by atoms with Crippen LogP contribution in [0, 0.1) is 11.6 Å². The average Bonchev–Trinajstić information content (AvgIpc) is 3.08. The number of rotatable bonds is 3. The van der Waals surface area contributed by atoms with Crippen molar-refractivity contribution in [1.29, 1.82) is 0 Å². The van der Waals surface area contributed by atoms with Crippen LogP contribution in [0.4, 0.5) is 8.78 Å². The van der Waals surface area contributed by atoms with Crippen molar-refractivity contribution in [2.45, 2.75) is 36.6 Å². The Morgan fingerprint density at radius 2 is 1.83 bits per heavy atom. The summed E-state index contributed by atoms with van der Waals surface area (Å²) < 4.78 is 52.3. The number of hydrogen-bond donors (Lipinski definition) is 1. The van der Waals surface area contributed by atoms with Crippen LogP contribution in [0.25, 0.3) is 11.3 Å². The van der Waals surface area contributed by atoms with E-state index in [4.69, 9.17) is 5.14 Å². The van der Waals surface area contributed by atoms with Crippen LogP contribution >= 0.6 is 11.3 Å². The fourth-order valence-corrected chi connectivity index (χ4v) is 4.37. The highest BCUT2D eigenvalue weighted by atomic mass is 32.2. The first-order valence-corrected chi connectivity index (χ1v) is 9.44. The summed E-state index contributed by atoms with van der Waals surface area (Å²) in [6.45, 7) is 0. The molecule has 2 aromatic rings. The van der Waals surface area contributed by atoms with Crippen molar-refractivity contribution < 1.29 is 17.2 Å². The number of primary sulfonamides is 1. The van der Waals surface area contributed by atoms with Crippen molar-refractivity contribution in [2.75, 3.05) is 0 Å². The van der Waals surface area contributed by atoms with Crippen LogP contribution in [-0.4, -0.2) is 13.0 Å². The van der Waals surface area contributed by atoms with Gasteiger partial charge in [0.1, 0.15) is 16.5 Å². The molecule has 0 unspecified atom stereocenters. The zero-order chi connectivity index (χ0) is 16.8. The third-order valence-corrected chi connectivity index (χ3v) is 5.69. The molecule has 1 aromatic carbocycles. The molecule has 23 heavy (non-hydrogen) atoms. The molecule has 5 nitrogen and oxygen atoms in total. The van der Waals surface area contributed by atoms with Gasteiger partial charge >= 0.3 is 4.87 Å². The molecule has 1 aliphatic carbocycles. The van der Waals surface area contributed by atoms with Crippen molar-refractivity contribution in [2.24, 2.45) is 5.14 Å². The van der Waals surface area contributed by atoms with Gasteiger partial charge in [0.05, 0.1) is 5.69 Å². The third-order valence-electron chi connectivity index (χ3n) is 4.02. The summed E-state index contributed by atoms with van der Waals surface area (Å²) in [5.41, 5.74) is 0.129. The molecule has 0 spiro atoms. The Hall–Kier alpha value is -1.58. The second kappa shape index (κ2) is 5.81. The molecule has 1 fully saturated rings. The highest BCUT2D eigenvalue weighted by molar-refractivity contribution is 7.89. The number of thiazole rings is 1. The summed E-state index contributed by atoms with van der Waals surface area (Å²) in [5.74, 6) is -2.07. The van der Waals surface area contributed by atoms with Crippen LogP contribution in [-0.2, 0) is 10.0 Å². The van der Waals surface area contributed by atoms with Gasteiger partial charge in [-0.3, -0.25) is 9.36 Å². The summed E-state index contributed by atoms with van der Waals surface area (Å²) in [6, 6.07) is 1.30. The van der Waals surface area contributed by atoms with Gasteiger partial charge in [0.2, 0.25) is 10.0 Å². The molecule has 2 N–H and O–H groups in total. The highest BCUT2D eigenvalue weighted by Crippen LogP contribution is 2.35. The first-order chi connectivity index (χ1) is 10.8. The van der Waals surface area contributed by atoms with E-state index in [-0.39, 0.29) is 22.2 Å². The van der Waals surface area contributed by atoms with Crippen LogP contribution in [0.15, 0.2) is 27.2 Å². The van der Waals surface area contributed by atoms with E-state index in [1.807, 2.05) is 0 Å². The van der Waals surface area contributed by atoms with Crippen molar-refractivity contribution in [3.63, 3.8) is 0 Å². The van der Waals surface area contributed by atoms with E-state index in [2.05, 4.69) is 0 Å². The van der Waals surface area contributed by atoms with Gasteiger partial charge in [0.25, 0.3) is 0 Å². The Morgan fingerprint density at radius 3 is 2.43 bits per heavy atom. The SMILES string of the molecule is NS(=O)(=O)c1cc(F)c(-c2csc(=O)n2C2CCCC2)cc1F. The molecule has 1 saturated carbocycles. The number of sulfonamides is 1. The maximum Gasteiger partial charge on any atom is 0.307 e. The summed E-state index contributed by atoms with van der Waals surface area (Å²) in [5, 5.41) is 6.33. The van der Waals surface area contributed by atoms with Crippen molar-refractivity contribution in [3.05, 3.63) is 38.8 Å². The molecule has 9 heteroatoms. The highest BCUT2D eigenvalue weighted by Gasteiger charge is 2.25. The third kappa shape index (κ3) is 2.96. The van der Waals surface area contributed by atoms with Crippen molar-refractivity contribution in [1.82, 2.24) is 4.57 Å². The standard InChI is InChI=1S/C14H14F2N2O3S2/c15-10-6-13(23(17,20)21)11(16)5-9(10)12-7-22-14(19)18(12)8-3-1-2-4-8/h5-8H,1-4H2,(H2,17,20,21). The monoisotopic (exact) mass is 360 g/mol. The number of nitrogens with two attached hydrogens (primary N) is 1. The van der Waals surface area contributed by atoms with Crippen LogP contribution in [0.2, 0.25) is 0 Å². The Labute approximate surface area is 135 Å². The van der Waals surface area contributed by atoms with E-state index in [9.17, 15) is 22.0 Å². The lowest BCUT2D eigenvalue weighted by Gasteiger charge is -2.15. The lowest BCUT2D eigenvalue weighted by atomic mass is 10.1. The summed E-state index contributed by atoms with van der Waals surface area (Å²) in [6.07, 6.45) is 3.58. The molecule has 1 aliphatic rings. The zero-order valence-corrected chi connectivity index (χ0v) is 13.6. The van der Waals surface area contributed by atoms with E-state index in [1.165, 1.54) is 9.95 Å². The van der Waals surface area contributed by atoms with Gasteiger partial charge in [-0.15, -0.1) is 0 Å². The number of halogens is 2. The molecular weight excluding hydrogens is 346 g/mol. The normalized spacial score (nSPS) is 16.1. The summed E-state index contributed by atoms with van der Waals surface area (Å²) >= 11 is 0.912. The maximum absolute atomic E-state index is 14.3. The number of benzene rings is 1. The molecule has 0 aliphatic heterocycles. The second-order valence-electron chi connectivity index (χ2n) is 5.50. The molecule has 1 aromatic heterocycles. The van der Waals surface area contributed by atoms with Gasteiger partial charge in [0, 0.05) is 17.0 Å². The van der Waals surface area contributed by atoms with E-state index < -0.39 is 26.6 Å². The van der Waals surface area contributed by atoms with E-state index in [0.29, 0.717) is 6.07 Å². The van der Waals surface area contributed by atoms with Crippen molar-refractivity contribution in [3.8, 4) is 11.3 Å². The van der Waals surface area contributed by atoms with Gasteiger partial charge in [-0.1, -0.05) is 24.2 Å². The molecular formula is C14H14F2N2O3S2. The zero-order valence-electron chi connectivity index (χ0n) is 12.0. The molecule has 0 atom stereocenters. The fourth-order valence-electron chi connectivity index (χ4n) is 2.96. The minimum atomic E-state index is -4.36. The molecule has 0 bridgehead atoms. The Balaban J connectivity index is 2.17. The molecule has 1 heterocycles. The largest absolute Gasteiger partial charge is 0.307 e. The van der Waals surface area contributed by atoms with Crippen LogP contribution < -0.4 is 10.0 Å². The Bertz CT molecular complexity index is 913. The molecule has 0 radical (unpaired) electrons. The van der Waals surface area contributed by atoms with E-state index >= 15 is 0 Å². The van der Waals surface area contributed by atoms with Crippen molar-refractivity contribution >= 4 is 21.4 Å². The minimum absolute atomic E-state index is 0.0378. The first kappa shape index (κ1) is 16.3. The lowest BCUT2D eigenvalue weighted by molar-refractivity contribution is 0.513. The lowest BCUT2D eigenvalue weighted by Crippen LogP contribution is -2.19. The summed E-state index contributed by atoms with van der Waals surface area (Å²) in [4.78, 5) is 10.9. The predicted octanol–water partition coefficient (Wildman–Crippen LogP) is 2.62. The quantitative estimate of drug-likeness (QED) is 0.913. The maximum atomic E-state index is 14.3. The van der Waals surface area contributed by atoms with Crippen LogP contribution in [0.5, 0.6) is 0 Å². The topological polar surface area (TPSA) is 82.2 Å². The Kier molecular flexibility index (Phi) is 4.11. The second-order valence-corrected chi connectivity index (χ2v) is 7.85. The van der Waals surface area contributed by atoms with Gasteiger partial charge < -0.3 is 0 Å². The first-order valence-electron chi connectivity index (χ1n) is 7.01. The van der Waals surface area contributed by atoms with Gasteiger partial charge in [-0.2, -0.15) is 0 Å². The predicted molar refractivity (Wildman–Crippen MR) is 82.8 cm³/mol. The Morgan fingerprint density at radius 1 is 1.17 bits per heavy atom. The van der Waals surface area contributed by atoms with E-state index in [0.717, 1.165) is 43.1 Å². The summed E-state index contributed by atoms with van der Waals surface area (Å²) in [7, 11) is -4.36.